The van der Waals surface area contributed by atoms with Crippen LogP contribution in [0.25, 0.3) is 10.9 Å². The summed E-state index contributed by atoms with van der Waals surface area (Å²) in [7, 11) is -3.91. The SMILES string of the molecule is CC(C)(C)NC(=O)c1ccccc1C[C@@H](O)[C@H](Cc1ccccc1)NC(=O)[C@H](CC(=O)NCc1ccc2ccccc2n1)NS(C)(=O)=O. The number of rotatable bonds is 14. The van der Waals surface area contributed by atoms with Crippen molar-refractivity contribution >= 4 is 38.6 Å². The summed E-state index contributed by atoms with van der Waals surface area (Å²) in [6, 6.07) is 25.0. The molecule has 0 fully saturated rings. The molecule has 3 aromatic carbocycles. The van der Waals surface area contributed by atoms with Crippen LogP contribution in [0.5, 0.6) is 0 Å². The standard InChI is InChI=1S/C36H43N5O6S/c1-36(2,3)40-34(44)28-16-10-8-15-26(28)21-32(42)30(20-24-12-6-5-7-13-24)39-35(45)31(41-48(4,46)47)22-33(43)37-23-27-19-18-25-14-9-11-17-29(25)38-27/h5-19,30-32,41-42H,20-23H2,1-4H3,(H,37,43)(H,39,45)(H,40,44)/t30-,31-,32+/m0/s1. The molecule has 1 heterocycles. The zero-order valence-electron chi connectivity index (χ0n) is 27.6. The fourth-order valence-corrected chi connectivity index (χ4v) is 5.94. The molecule has 0 spiro atoms. The lowest BCUT2D eigenvalue weighted by Gasteiger charge is -2.28. The maximum absolute atomic E-state index is 13.7. The molecular formula is C36H43N5O6S. The first-order valence-corrected chi connectivity index (χ1v) is 17.6. The van der Waals surface area contributed by atoms with Gasteiger partial charge in [0.15, 0.2) is 0 Å². The maximum Gasteiger partial charge on any atom is 0.251 e. The van der Waals surface area contributed by atoms with Crippen molar-refractivity contribution in [2.75, 3.05) is 6.26 Å². The van der Waals surface area contributed by atoms with Crippen LogP contribution < -0.4 is 20.7 Å². The van der Waals surface area contributed by atoms with Crippen LogP contribution in [-0.2, 0) is 39.0 Å². The number of fused-ring (bicyclic) bond motifs is 1. The summed E-state index contributed by atoms with van der Waals surface area (Å²) >= 11 is 0. The van der Waals surface area contributed by atoms with Gasteiger partial charge in [-0.25, -0.2) is 13.1 Å². The van der Waals surface area contributed by atoms with Crippen molar-refractivity contribution in [2.45, 2.75) is 70.3 Å². The largest absolute Gasteiger partial charge is 0.391 e. The number of benzene rings is 3. The van der Waals surface area contributed by atoms with Crippen LogP contribution in [0.15, 0.2) is 91.0 Å². The van der Waals surface area contributed by atoms with Gasteiger partial charge in [-0.1, -0.05) is 72.8 Å². The average Bonchev–Trinajstić information content (AvgIpc) is 3.02. The molecule has 0 unspecified atom stereocenters. The lowest BCUT2D eigenvalue weighted by molar-refractivity contribution is -0.129. The minimum atomic E-state index is -3.91. The Morgan fingerprint density at radius 1 is 0.854 bits per heavy atom. The Hall–Kier alpha value is -4.65. The molecule has 11 nitrogen and oxygen atoms in total. The lowest BCUT2D eigenvalue weighted by Crippen LogP contribution is -2.54. The number of aromatic nitrogens is 1. The van der Waals surface area contributed by atoms with Crippen molar-refractivity contribution in [1.29, 1.82) is 0 Å². The number of para-hydroxylation sites is 1. The first kappa shape index (κ1) is 36.2. The summed E-state index contributed by atoms with van der Waals surface area (Å²) in [6.45, 7) is 5.69. The van der Waals surface area contributed by atoms with E-state index >= 15 is 0 Å². The highest BCUT2D eigenvalue weighted by Gasteiger charge is 2.30. The van der Waals surface area contributed by atoms with Crippen molar-refractivity contribution in [3.8, 4) is 0 Å². The van der Waals surface area contributed by atoms with Crippen LogP contribution in [0, 0.1) is 0 Å². The summed E-state index contributed by atoms with van der Waals surface area (Å²) in [4.78, 5) is 44.2. The zero-order chi connectivity index (χ0) is 34.9. The molecule has 4 aromatic rings. The zero-order valence-corrected chi connectivity index (χ0v) is 28.4. The third kappa shape index (κ3) is 11.3. The molecular weight excluding hydrogens is 630 g/mol. The Morgan fingerprint density at radius 3 is 2.23 bits per heavy atom. The number of aliphatic hydroxyl groups excluding tert-OH is 1. The second-order valence-electron chi connectivity index (χ2n) is 12.9. The molecule has 4 rings (SSSR count). The number of nitrogens with one attached hydrogen (secondary N) is 4. The van der Waals surface area contributed by atoms with Gasteiger partial charge in [-0.2, -0.15) is 0 Å². The molecule has 12 heteroatoms. The highest BCUT2D eigenvalue weighted by molar-refractivity contribution is 7.88. The van der Waals surface area contributed by atoms with Crippen LogP contribution in [0.1, 0.15) is 54.4 Å². The molecule has 0 aliphatic heterocycles. The van der Waals surface area contributed by atoms with Gasteiger partial charge in [0.25, 0.3) is 5.91 Å². The van der Waals surface area contributed by atoms with Crippen molar-refractivity contribution in [1.82, 2.24) is 25.7 Å². The fraction of sp³-hybridized carbons (Fsp3) is 0.333. The lowest BCUT2D eigenvalue weighted by atomic mass is 9.93. The summed E-state index contributed by atoms with van der Waals surface area (Å²) < 4.78 is 26.8. The van der Waals surface area contributed by atoms with Crippen LogP contribution in [0.2, 0.25) is 0 Å². The van der Waals surface area contributed by atoms with Gasteiger partial charge in [-0.3, -0.25) is 19.4 Å². The first-order valence-electron chi connectivity index (χ1n) is 15.7. The Bertz CT molecular complexity index is 1840. The van der Waals surface area contributed by atoms with E-state index in [9.17, 15) is 27.9 Å². The molecule has 0 aliphatic rings. The van der Waals surface area contributed by atoms with Gasteiger partial charge in [0, 0.05) is 22.9 Å². The fourth-order valence-electron chi connectivity index (χ4n) is 5.23. The third-order valence-electron chi connectivity index (χ3n) is 7.46. The minimum Gasteiger partial charge on any atom is -0.391 e. The van der Waals surface area contributed by atoms with Gasteiger partial charge in [-0.15, -0.1) is 0 Å². The van der Waals surface area contributed by atoms with E-state index in [2.05, 4.69) is 25.7 Å². The van der Waals surface area contributed by atoms with Crippen molar-refractivity contribution < 1.29 is 27.9 Å². The summed E-state index contributed by atoms with van der Waals surface area (Å²) in [5.41, 5.74) is 2.67. The van der Waals surface area contributed by atoms with Gasteiger partial charge in [-0.05, 0) is 56.5 Å². The van der Waals surface area contributed by atoms with Crippen molar-refractivity contribution in [2.24, 2.45) is 0 Å². The van der Waals surface area contributed by atoms with E-state index in [1.54, 1.807) is 30.3 Å². The van der Waals surface area contributed by atoms with Crippen LogP contribution in [0.3, 0.4) is 0 Å². The van der Waals surface area contributed by atoms with E-state index in [0.717, 1.165) is 22.7 Å². The number of amides is 3. The van der Waals surface area contributed by atoms with E-state index in [1.807, 2.05) is 81.4 Å². The molecule has 3 amide bonds. The van der Waals surface area contributed by atoms with E-state index in [1.165, 1.54) is 0 Å². The van der Waals surface area contributed by atoms with Gasteiger partial charge in [0.05, 0.1) is 42.6 Å². The Labute approximate surface area is 281 Å². The average molecular weight is 674 g/mol. The molecule has 254 valence electrons. The van der Waals surface area contributed by atoms with E-state index in [0.29, 0.717) is 16.8 Å². The normalized spacial score (nSPS) is 13.7. The number of aliphatic hydroxyl groups is 1. The summed E-state index contributed by atoms with van der Waals surface area (Å²) in [5.74, 6) is -1.64. The van der Waals surface area contributed by atoms with Crippen molar-refractivity contribution in [3.63, 3.8) is 0 Å². The Balaban J connectivity index is 1.51. The summed E-state index contributed by atoms with van der Waals surface area (Å²) in [5, 5.41) is 20.9. The molecule has 1 aromatic heterocycles. The highest BCUT2D eigenvalue weighted by atomic mass is 32.2. The number of carbonyl (C=O) groups excluding carboxylic acids is 3. The highest BCUT2D eigenvalue weighted by Crippen LogP contribution is 2.17. The molecule has 0 bridgehead atoms. The predicted molar refractivity (Wildman–Crippen MR) is 185 cm³/mol. The van der Waals surface area contributed by atoms with Gasteiger partial charge in [0.2, 0.25) is 21.8 Å². The number of nitrogens with zero attached hydrogens (tertiary/aromatic N) is 1. The molecule has 5 N–H and O–H groups in total. The Kier molecular flexibility index (Phi) is 12.0. The van der Waals surface area contributed by atoms with E-state index in [4.69, 9.17) is 0 Å². The van der Waals surface area contributed by atoms with Crippen LogP contribution in [0.4, 0.5) is 0 Å². The predicted octanol–water partition coefficient (Wildman–Crippen LogP) is 3.02. The monoisotopic (exact) mass is 673 g/mol. The topological polar surface area (TPSA) is 167 Å². The number of carbonyl (C=O) groups is 3. The quantitative estimate of drug-likeness (QED) is 0.137. The van der Waals surface area contributed by atoms with Gasteiger partial charge in [0.1, 0.15) is 6.04 Å². The number of hydrogen-bond donors (Lipinski definition) is 5. The second-order valence-corrected chi connectivity index (χ2v) is 14.6. The molecule has 0 aliphatic carbocycles. The molecule has 48 heavy (non-hydrogen) atoms. The molecule has 0 saturated carbocycles. The third-order valence-corrected chi connectivity index (χ3v) is 8.17. The number of hydrogen-bond acceptors (Lipinski definition) is 7. The van der Waals surface area contributed by atoms with Crippen LogP contribution >= 0.6 is 0 Å². The van der Waals surface area contributed by atoms with Gasteiger partial charge < -0.3 is 21.1 Å². The van der Waals surface area contributed by atoms with E-state index in [-0.39, 0.29) is 25.3 Å². The van der Waals surface area contributed by atoms with E-state index < -0.39 is 52.0 Å². The van der Waals surface area contributed by atoms with Crippen molar-refractivity contribution in [3.05, 3.63) is 113 Å². The second kappa shape index (κ2) is 16.0. The number of pyridine rings is 1. The molecule has 0 saturated heterocycles. The molecule has 3 atom stereocenters. The smallest absolute Gasteiger partial charge is 0.251 e. The van der Waals surface area contributed by atoms with Gasteiger partial charge >= 0.3 is 0 Å². The molecule has 0 radical (unpaired) electrons. The Morgan fingerprint density at radius 2 is 1.52 bits per heavy atom. The number of sulfonamides is 1. The maximum atomic E-state index is 13.7. The first-order chi connectivity index (χ1) is 22.7. The minimum absolute atomic E-state index is 0.0228. The summed E-state index contributed by atoms with van der Waals surface area (Å²) in [6.07, 6.45) is -0.537. The van der Waals surface area contributed by atoms with Crippen LogP contribution in [-0.4, -0.2) is 66.2 Å².